The smallest absolute Gasteiger partial charge is 0.170 e. The van der Waals surface area contributed by atoms with Crippen LogP contribution in [0.3, 0.4) is 0 Å². The van der Waals surface area contributed by atoms with Gasteiger partial charge in [0.1, 0.15) is 0 Å². The fraction of sp³-hybridized carbons (Fsp3) is 0.400. The van der Waals surface area contributed by atoms with Crippen molar-refractivity contribution in [3.63, 3.8) is 0 Å². The van der Waals surface area contributed by atoms with Gasteiger partial charge in [-0.25, -0.2) is 4.98 Å². The number of ether oxygens (including phenoxy) is 2. The van der Waals surface area contributed by atoms with E-state index in [4.69, 9.17) is 9.47 Å². The molecule has 19 heavy (non-hydrogen) atoms. The van der Waals surface area contributed by atoms with Crippen LogP contribution in [0.1, 0.15) is 26.3 Å². The predicted octanol–water partition coefficient (Wildman–Crippen LogP) is 4.12. The van der Waals surface area contributed by atoms with Gasteiger partial charge in [-0.2, -0.15) is 0 Å². The molecule has 0 N–H and O–H groups in total. The fourth-order valence-corrected chi connectivity index (χ4v) is 2.49. The summed E-state index contributed by atoms with van der Waals surface area (Å²) in [5, 5.41) is 2.02. The van der Waals surface area contributed by atoms with Gasteiger partial charge in [0.15, 0.2) is 11.5 Å². The van der Waals surface area contributed by atoms with E-state index < -0.39 is 0 Å². The van der Waals surface area contributed by atoms with E-state index in [-0.39, 0.29) is 5.41 Å². The molecule has 0 saturated carbocycles. The standard InChI is InChI=1S/C15H19NO2S/c1-15(2,3)10-6-11(12-8-19-9-16-12)14(18-5)13(7-10)17-4/h6-9H,1-5H3. The third-order valence-corrected chi connectivity index (χ3v) is 3.64. The lowest BCUT2D eigenvalue weighted by atomic mass is 9.85. The minimum Gasteiger partial charge on any atom is -0.493 e. The molecule has 0 spiro atoms. The third kappa shape index (κ3) is 2.73. The quantitative estimate of drug-likeness (QED) is 0.845. The average Bonchev–Trinajstić information content (AvgIpc) is 2.89. The molecule has 1 heterocycles. The summed E-state index contributed by atoms with van der Waals surface area (Å²) in [5.74, 6) is 1.49. The first kappa shape index (κ1) is 13.9. The highest BCUT2D eigenvalue weighted by atomic mass is 32.1. The molecule has 3 nitrogen and oxygen atoms in total. The van der Waals surface area contributed by atoms with Crippen molar-refractivity contribution < 1.29 is 9.47 Å². The second kappa shape index (κ2) is 5.21. The number of methoxy groups -OCH3 is 2. The van der Waals surface area contributed by atoms with Crippen LogP contribution >= 0.6 is 11.3 Å². The van der Waals surface area contributed by atoms with Crippen molar-refractivity contribution in [3.8, 4) is 22.8 Å². The second-order valence-electron chi connectivity index (χ2n) is 5.38. The lowest BCUT2D eigenvalue weighted by Crippen LogP contribution is -2.12. The van der Waals surface area contributed by atoms with Crippen molar-refractivity contribution in [2.75, 3.05) is 14.2 Å². The molecule has 102 valence electrons. The van der Waals surface area contributed by atoms with E-state index in [2.05, 4.69) is 31.8 Å². The molecule has 0 aliphatic carbocycles. The van der Waals surface area contributed by atoms with Crippen LogP contribution in [0.4, 0.5) is 0 Å². The van der Waals surface area contributed by atoms with Crippen molar-refractivity contribution in [2.24, 2.45) is 0 Å². The molecule has 4 heteroatoms. The summed E-state index contributed by atoms with van der Waals surface area (Å²) >= 11 is 1.57. The van der Waals surface area contributed by atoms with Crippen molar-refractivity contribution >= 4 is 11.3 Å². The van der Waals surface area contributed by atoms with E-state index in [0.717, 1.165) is 22.8 Å². The number of hydrogen-bond acceptors (Lipinski definition) is 4. The lowest BCUT2D eigenvalue weighted by molar-refractivity contribution is 0.354. The first-order valence-corrected chi connectivity index (χ1v) is 7.06. The van der Waals surface area contributed by atoms with Gasteiger partial charge in [0.05, 0.1) is 25.4 Å². The van der Waals surface area contributed by atoms with Crippen LogP contribution in [0.15, 0.2) is 23.0 Å². The van der Waals surface area contributed by atoms with Crippen LogP contribution in [0.5, 0.6) is 11.5 Å². The van der Waals surface area contributed by atoms with Crippen molar-refractivity contribution in [2.45, 2.75) is 26.2 Å². The normalized spacial score (nSPS) is 11.4. The summed E-state index contributed by atoms with van der Waals surface area (Å²) < 4.78 is 11.0. The Kier molecular flexibility index (Phi) is 3.80. The Morgan fingerprint density at radius 2 is 1.84 bits per heavy atom. The molecular weight excluding hydrogens is 258 g/mol. The lowest BCUT2D eigenvalue weighted by Gasteiger charge is -2.22. The molecule has 0 radical (unpaired) electrons. The summed E-state index contributed by atoms with van der Waals surface area (Å²) in [6.07, 6.45) is 0. The van der Waals surface area contributed by atoms with Crippen LogP contribution in [0, 0.1) is 0 Å². The van der Waals surface area contributed by atoms with E-state index >= 15 is 0 Å². The van der Waals surface area contributed by atoms with Crippen LogP contribution in [-0.4, -0.2) is 19.2 Å². The Morgan fingerprint density at radius 3 is 2.32 bits per heavy atom. The van der Waals surface area contributed by atoms with Gasteiger partial charge >= 0.3 is 0 Å². The average molecular weight is 277 g/mol. The Hall–Kier alpha value is -1.55. The zero-order valence-corrected chi connectivity index (χ0v) is 12.8. The first-order valence-electron chi connectivity index (χ1n) is 6.12. The van der Waals surface area contributed by atoms with E-state index in [9.17, 15) is 0 Å². The molecule has 0 amide bonds. The molecule has 1 aromatic carbocycles. The number of thiazole rings is 1. The Morgan fingerprint density at radius 1 is 1.11 bits per heavy atom. The zero-order chi connectivity index (χ0) is 14.0. The number of hydrogen-bond donors (Lipinski definition) is 0. The van der Waals surface area contributed by atoms with E-state index in [1.807, 2.05) is 17.0 Å². The number of benzene rings is 1. The largest absolute Gasteiger partial charge is 0.493 e. The molecule has 0 bridgehead atoms. The van der Waals surface area contributed by atoms with Gasteiger partial charge in [-0.1, -0.05) is 20.8 Å². The van der Waals surface area contributed by atoms with E-state index in [0.29, 0.717) is 0 Å². The maximum atomic E-state index is 5.50. The van der Waals surface area contributed by atoms with Crippen molar-refractivity contribution in [1.29, 1.82) is 0 Å². The Bertz CT molecular complexity index is 556. The molecular formula is C15H19NO2S. The van der Waals surface area contributed by atoms with Gasteiger partial charge in [-0.3, -0.25) is 0 Å². The molecule has 0 atom stereocenters. The van der Waals surface area contributed by atoms with Crippen LogP contribution in [-0.2, 0) is 5.41 Å². The SMILES string of the molecule is COc1cc(C(C)(C)C)cc(-c2cscn2)c1OC. The molecule has 2 aromatic rings. The summed E-state index contributed by atoms with van der Waals surface area (Å²) in [6.45, 7) is 6.54. The van der Waals surface area contributed by atoms with E-state index in [1.54, 1.807) is 25.6 Å². The molecule has 0 aliphatic heterocycles. The number of rotatable bonds is 3. The third-order valence-electron chi connectivity index (χ3n) is 3.05. The predicted molar refractivity (Wildman–Crippen MR) is 79.4 cm³/mol. The van der Waals surface area contributed by atoms with Crippen LogP contribution in [0.2, 0.25) is 0 Å². The monoisotopic (exact) mass is 277 g/mol. The molecule has 0 unspecified atom stereocenters. The Labute approximate surface area is 118 Å². The van der Waals surface area contributed by atoms with Gasteiger partial charge in [-0.15, -0.1) is 11.3 Å². The van der Waals surface area contributed by atoms with Gasteiger partial charge in [-0.05, 0) is 23.1 Å². The minimum absolute atomic E-state index is 0.0460. The second-order valence-corrected chi connectivity index (χ2v) is 6.10. The highest BCUT2D eigenvalue weighted by Crippen LogP contribution is 2.41. The van der Waals surface area contributed by atoms with Crippen LogP contribution < -0.4 is 9.47 Å². The summed E-state index contributed by atoms with van der Waals surface area (Å²) in [5.41, 5.74) is 4.97. The van der Waals surface area contributed by atoms with Crippen LogP contribution in [0.25, 0.3) is 11.3 Å². The zero-order valence-electron chi connectivity index (χ0n) is 12.0. The molecule has 0 aliphatic rings. The van der Waals surface area contributed by atoms with Gasteiger partial charge < -0.3 is 9.47 Å². The maximum absolute atomic E-state index is 5.50. The molecule has 0 fully saturated rings. The van der Waals surface area contributed by atoms with Crippen molar-refractivity contribution in [3.05, 3.63) is 28.6 Å². The van der Waals surface area contributed by atoms with Gasteiger partial charge in [0, 0.05) is 10.9 Å². The number of aromatic nitrogens is 1. The number of nitrogens with zero attached hydrogens (tertiary/aromatic N) is 1. The summed E-state index contributed by atoms with van der Waals surface area (Å²) in [6, 6.07) is 4.17. The fourth-order valence-electron chi connectivity index (χ4n) is 1.93. The van der Waals surface area contributed by atoms with Gasteiger partial charge in [0.25, 0.3) is 0 Å². The highest BCUT2D eigenvalue weighted by Gasteiger charge is 2.21. The minimum atomic E-state index is 0.0460. The molecule has 2 rings (SSSR count). The topological polar surface area (TPSA) is 31.4 Å². The van der Waals surface area contributed by atoms with Crippen molar-refractivity contribution in [1.82, 2.24) is 4.98 Å². The summed E-state index contributed by atoms with van der Waals surface area (Å²) in [4.78, 5) is 4.38. The van der Waals surface area contributed by atoms with E-state index in [1.165, 1.54) is 5.56 Å². The molecule has 1 aromatic heterocycles. The van der Waals surface area contributed by atoms with Gasteiger partial charge in [0.2, 0.25) is 0 Å². The maximum Gasteiger partial charge on any atom is 0.170 e. The first-order chi connectivity index (χ1) is 8.97. The Balaban J connectivity index is 2.69. The summed E-state index contributed by atoms with van der Waals surface area (Å²) in [7, 11) is 3.32. The highest BCUT2D eigenvalue weighted by molar-refractivity contribution is 7.07. The molecule has 0 saturated heterocycles.